The summed E-state index contributed by atoms with van der Waals surface area (Å²) in [4.78, 5) is 22.8. The molecule has 1 aromatic heterocycles. The van der Waals surface area contributed by atoms with Gasteiger partial charge in [0.05, 0.1) is 23.4 Å². The van der Waals surface area contributed by atoms with Crippen LogP contribution in [0.3, 0.4) is 0 Å². The number of hydrogen-bond acceptors (Lipinski definition) is 6. The van der Waals surface area contributed by atoms with E-state index in [0.29, 0.717) is 12.1 Å². The van der Waals surface area contributed by atoms with Crippen LogP contribution in [0.1, 0.15) is 16.9 Å². The number of anilines is 1. The molecule has 0 bridgehead atoms. The third-order valence-electron chi connectivity index (χ3n) is 4.92. The van der Waals surface area contributed by atoms with Gasteiger partial charge in [0, 0.05) is 39.3 Å². The smallest absolute Gasteiger partial charge is 0.272 e. The molecule has 3 rings (SSSR count). The Hall–Kier alpha value is -1.67. The van der Waals surface area contributed by atoms with Crippen LogP contribution in [0.4, 0.5) is 5.69 Å². The summed E-state index contributed by atoms with van der Waals surface area (Å²) in [5.41, 5.74) is 1.28. The minimum atomic E-state index is -2.92. The predicted molar refractivity (Wildman–Crippen MR) is 93.1 cm³/mol. The Morgan fingerprint density at radius 2 is 1.96 bits per heavy atom. The Morgan fingerprint density at radius 1 is 1.25 bits per heavy atom. The molecule has 24 heavy (non-hydrogen) atoms. The van der Waals surface area contributed by atoms with Gasteiger partial charge in [-0.3, -0.25) is 4.79 Å². The second kappa shape index (κ2) is 6.68. The lowest BCUT2D eigenvalue weighted by molar-refractivity contribution is 0.0658. The standard InChI is InChI=1S/C16H24N4O3S/c1-18-6-8-20(9-7-18)16(21)15-4-3-13(11-17-15)19(2)14-5-10-24(22,23)12-14/h3-4,11,14H,5-10,12H2,1-2H3. The molecule has 1 aromatic rings. The van der Waals surface area contributed by atoms with Gasteiger partial charge >= 0.3 is 0 Å². The van der Waals surface area contributed by atoms with E-state index in [1.807, 2.05) is 30.0 Å². The monoisotopic (exact) mass is 352 g/mol. The molecular weight excluding hydrogens is 328 g/mol. The van der Waals surface area contributed by atoms with Crippen molar-refractivity contribution in [3.8, 4) is 0 Å². The summed E-state index contributed by atoms with van der Waals surface area (Å²) in [6.45, 7) is 3.20. The van der Waals surface area contributed by atoms with E-state index < -0.39 is 9.84 Å². The summed E-state index contributed by atoms with van der Waals surface area (Å²) >= 11 is 0. The van der Waals surface area contributed by atoms with Crippen LogP contribution >= 0.6 is 0 Å². The molecule has 0 saturated carbocycles. The van der Waals surface area contributed by atoms with Gasteiger partial charge in [-0.2, -0.15) is 0 Å². The molecule has 0 spiro atoms. The SMILES string of the molecule is CN1CCN(C(=O)c2ccc(N(C)C3CCS(=O)(=O)C3)cn2)CC1. The van der Waals surface area contributed by atoms with Crippen LogP contribution in [0.5, 0.6) is 0 Å². The molecule has 2 aliphatic heterocycles. The fourth-order valence-corrected chi connectivity index (χ4v) is 4.96. The maximum absolute atomic E-state index is 12.5. The van der Waals surface area contributed by atoms with E-state index in [4.69, 9.17) is 0 Å². The first-order chi connectivity index (χ1) is 11.4. The fourth-order valence-electron chi connectivity index (χ4n) is 3.18. The first-order valence-corrected chi connectivity index (χ1v) is 10.0. The van der Waals surface area contributed by atoms with Crippen molar-refractivity contribution in [1.82, 2.24) is 14.8 Å². The predicted octanol–water partition coefficient (Wildman–Crippen LogP) is 0.0925. The van der Waals surface area contributed by atoms with Crippen molar-refractivity contribution >= 4 is 21.4 Å². The summed E-state index contributed by atoms with van der Waals surface area (Å²) in [7, 11) is 1.01. The summed E-state index contributed by atoms with van der Waals surface area (Å²) in [6.07, 6.45) is 2.30. The minimum Gasteiger partial charge on any atom is -0.369 e. The lowest BCUT2D eigenvalue weighted by Gasteiger charge is -2.32. The van der Waals surface area contributed by atoms with E-state index in [9.17, 15) is 13.2 Å². The highest BCUT2D eigenvalue weighted by Crippen LogP contribution is 2.22. The maximum Gasteiger partial charge on any atom is 0.272 e. The molecule has 0 aromatic carbocycles. The van der Waals surface area contributed by atoms with Crippen LogP contribution in [0.25, 0.3) is 0 Å². The van der Waals surface area contributed by atoms with Gasteiger partial charge < -0.3 is 14.7 Å². The Labute approximate surface area is 143 Å². The zero-order chi connectivity index (χ0) is 17.3. The fraction of sp³-hybridized carbons (Fsp3) is 0.625. The molecule has 1 unspecified atom stereocenters. The van der Waals surface area contributed by atoms with Crippen molar-refractivity contribution in [1.29, 1.82) is 0 Å². The quantitative estimate of drug-likeness (QED) is 0.768. The Bertz CT molecular complexity index is 697. The third-order valence-corrected chi connectivity index (χ3v) is 6.67. The van der Waals surface area contributed by atoms with Gasteiger partial charge in [0.1, 0.15) is 5.69 Å². The van der Waals surface area contributed by atoms with Gasteiger partial charge in [-0.15, -0.1) is 0 Å². The molecule has 0 aliphatic carbocycles. The number of carbonyl (C=O) groups excluding carboxylic acids is 1. The number of likely N-dealkylation sites (N-methyl/N-ethyl adjacent to an activating group) is 1. The van der Waals surface area contributed by atoms with Crippen LogP contribution in [-0.4, -0.2) is 86.9 Å². The Morgan fingerprint density at radius 3 is 2.50 bits per heavy atom. The van der Waals surface area contributed by atoms with Gasteiger partial charge in [-0.05, 0) is 25.6 Å². The largest absolute Gasteiger partial charge is 0.369 e. The van der Waals surface area contributed by atoms with Crippen molar-refractivity contribution in [2.45, 2.75) is 12.5 Å². The van der Waals surface area contributed by atoms with Crippen LogP contribution in [0.15, 0.2) is 18.3 Å². The highest BCUT2D eigenvalue weighted by molar-refractivity contribution is 7.91. The number of hydrogen-bond donors (Lipinski definition) is 0. The number of aromatic nitrogens is 1. The van der Waals surface area contributed by atoms with E-state index in [2.05, 4.69) is 9.88 Å². The second-order valence-corrected chi connectivity index (χ2v) is 8.89. The minimum absolute atomic E-state index is 0.0176. The number of amides is 1. The highest BCUT2D eigenvalue weighted by Gasteiger charge is 2.31. The van der Waals surface area contributed by atoms with Gasteiger partial charge in [0.25, 0.3) is 5.91 Å². The van der Waals surface area contributed by atoms with Crippen LogP contribution in [0, 0.1) is 0 Å². The van der Waals surface area contributed by atoms with Crippen LogP contribution in [-0.2, 0) is 9.84 Å². The van der Waals surface area contributed by atoms with Gasteiger partial charge in [-0.1, -0.05) is 0 Å². The van der Waals surface area contributed by atoms with Crippen molar-refractivity contribution < 1.29 is 13.2 Å². The molecule has 2 aliphatic rings. The Kier molecular flexibility index (Phi) is 4.78. The molecule has 1 atom stereocenters. The van der Waals surface area contributed by atoms with Gasteiger partial charge in [0.2, 0.25) is 0 Å². The van der Waals surface area contributed by atoms with Crippen LogP contribution < -0.4 is 4.90 Å². The van der Waals surface area contributed by atoms with E-state index in [-0.39, 0.29) is 23.5 Å². The highest BCUT2D eigenvalue weighted by atomic mass is 32.2. The number of rotatable bonds is 3. The maximum atomic E-state index is 12.5. The molecule has 8 heteroatoms. The first kappa shape index (κ1) is 17.2. The van der Waals surface area contributed by atoms with Crippen molar-refractivity contribution in [2.75, 3.05) is 56.7 Å². The van der Waals surface area contributed by atoms with E-state index in [1.54, 1.807) is 12.3 Å². The first-order valence-electron chi connectivity index (χ1n) is 8.23. The molecule has 2 fully saturated rings. The Balaban J connectivity index is 1.66. The van der Waals surface area contributed by atoms with E-state index in [1.165, 1.54) is 0 Å². The summed E-state index contributed by atoms with van der Waals surface area (Å²) in [5, 5.41) is 0. The number of nitrogens with zero attached hydrogens (tertiary/aromatic N) is 4. The topological polar surface area (TPSA) is 73.8 Å². The normalized spacial score (nSPS) is 24.1. The summed E-state index contributed by atoms with van der Waals surface area (Å²) < 4.78 is 23.2. The molecule has 2 saturated heterocycles. The van der Waals surface area contributed by atoms with Crippen molar-refractivity contribution in [2.24, 2.45) is 0 Å². The molecule has 132 valence electrons. The molecule has 0 N–H and O–H groups in total. The molecule has 3 heterocycles. The second-order valence-electron chi connectivity index (χ2n) is 6.66. The van der Waals surface area contributed by atoms with Gasteiger partial charge in [0.15, 0.2) is 9.84 Å². The van der Waals surface area contributed by atoms with Gasteiger partial charge in [-0.25, -0.2) is 13.4 Å². The van der Waals surface area contributed by atoms with E-state index in [0.717, 1.165) is 31.9 Å². The lowest BCUT2D eigenvalue weighted by Crippen LogP contribution is -2.47. The average molecular weight is 352 g/mol. The van der Waals surface area contributed by atoms with Crippen molar-refractivity contribution in [3.63, 3.8) is 0 Å². The van der Waals surface area contributed by atoms with Crippen molar-refractivity contribution in [3.05, 3.63) is 24.0 Å². The lowest BCUT2D eigenvalue weighted by atomic mass is 10.2. The van der Waals surface area contributed by atoms with E-state index >= 15 is 0 Å². The van der Waals surface area contributed by atoms with Crippen LogP contribution in [0.2, 0.25) is 0 Å². The number of sulfone groups is 1. The summed E-state index contributed by atoms with van der Waals surface area (Å²) in [5.74, 6) is 0.390. The zero-order valence-electron chi connectivity index (χ0n) is 14.2. The molecule has 1 amide bonds. The zero-order valence-corrected chi connectivity index (χ0v) is 15.0. The number of piperazine rings is 1. The molecule has 0 radical (unpaired) electrons. The average Bonchev–Trinajstić information content (AvgIpc) is 2.94. The summed E-state index contributed by atoms with van der Waals surface area (Å²) in [6, 6.07) is 3.56. The number of pyridine rings is 1. The molecular formula is C16H24N4O3S. The number of carbonyl (C=O) groups is 1. The molecule has 7 nitrogen and oxygen atoms in total. The third kappa shape index (κ3) is 3.70.